The van der Waals surface area contributed by atoms with Gasteiger partial charge in [0.2, 0.25) is 5.91 Å². The molecule has 3 rings (SSSR count). The zero-order chi connectivity index (χ0) is 15.0. The Morgan fingerprint density at radius 3 is 2.57 bits per heavy atom. The highest BCUT2D eigenvalue weighted by Crippen LogP contribution is 2.50. The molecule has 1 amide bonds. The predicted octanol–water partition coefficient (Wildman–Crippen LogP) is 4.29. The van der Waals surface area contributed by atoms with Gasteiger partial charge in [0.15, 0.2) is 0 Å². The number of anilines is 1. The van der Waals surface area contributed by atoms with Gasteiger partial charge in [-0.05, 0) is 44.2 Å². The second-order valence-corrected chi connectivity index (χ2v) is 7.56. The molecular weight excluding hydrogens is 304 g/mol. The Balaban J connectivity index is 2.05. The minimum Gasteiger partial charge on any atom is -0.295 e. The number of thioether (sulfide) groups is 1. The Hall–Kier alpha value is -1.52. The minimum absolute atomic E-state index is 0.0672. The summed E-state index contributed by atoms with van der Waals surface area (Å²) in [6.45, 7) is 3.92. The normalized spacial score (nSPS) is 20.8. The predicted molar refractivity (Wildman–Crippen MR) is 87.6 cm³/mol. The number of aromatic nitrogens is 1. The maximum absolute atomic E-state index is 12.7. The average Bonchev–Trinajstić information content (AvgIpc) is 2.72. The van der Waals surface area contributed by atoms with Gasteiger partial charge in [0.05, 0.1) is 4.75 Å². The van der Waals surface area contributed by atoms with Crippen LogP contribution < -0.4 is 4.90 Å². The van der Waals surface area contributed by atoms with E-state index in [0.29, 0.717) is 5.02 Å². The number of hydrogen-bond acceptors (Lipinski definition) is 3. The first kappa shape index (κ1) is 14.4. The number of amides is 1. The molecule has 0 N–H and O–H groups in total. The van der Waals surface area contributed by atoms with Gasteiger partial charge in [-0.1, -0.05) is 17.7 Å². The molecule has 3 nitrogen and oxygen atoms in total. The summed E-state index contributed by atoms with van der Waals surface area (Å²) in [5, 5.41) is 0.595. The summed E-state index contributed by atoms with van der Waals surface area (Å²) >= 11 is 7.59. The molecule has 5 heteroatoms. The Morgan fingerprint density at radius 2 is 1.95 bits per heavy atom. The molecule has 0 spiro atoms. The Kier molecular flexibility index (Phi) is 3.68. The summed E-state index contributed by atoms with van der Waals surface area (Å²) in [6, 6.07) is 11.3. The number of carbonyl (C=O) groups is 1. The SMILES string of the molecule is CC1(C)SC(c2cccnc2)N(c2ccc(Cl)cc2)C1=O. The van der Waals surface area contributed by atoms with Crippen LogP contribution in [0.2, 0.25) is 5.02 Å². The maximum Gasteiger partial charge on any atom is 0.243 e. The first-order valence-electron chi connectivity index (χ1n) is 6.66. The molecule has 0 radical (unpaired) electrons. The van der Waals surface area contributed by atoms with Crippen molar-refractivity contribution in [3.63, 3.8) is 0 Å². The third-order valence-corrected chi connectivity index (χ3v) is 5.17. The number of halogens is 1. The lowest BCUT2D eigenvalue weighted by Gasteiger charge is -2.24. The van der Waals surface area contributed by atoms with E-state index in [2.05, 4.69) is 4.98 Å². The van der Waals surface area contributed by atoms with Crippen LogP contribution in [0.25, 0.3) is 0 Å². The van der Waals surface area contributed by atoms with Crippen LogP contribution in [-0.2, 0) is 4.79 Å². The monoisotopic (exact) mass is 318 g/mol. The summed E-state index contributed by atoms with van der Waals surface area (Å²) in [4.78, 5) is 18.8. The van der Waals surface area contributed by atoms with E-state index in [1.807, 2.05) is 49.2 Å². The summed E-state index contributed by atoms with van der Waals surface area (Å²) in [7, 11) is 0. The highest BCUT2D eigenvalue weighted by atomic mass is 35.5. The number of rotatable bonds is 2. The molecule has 1 fully saturated rings. The number of carbonyl (C=O) groups excluding carboxylic acids is 1. The van der Waals surface area contributed by atoms with Crippen LogP contribution in [0.4, 0.5) is 5.69 Å². The smallest absolute Gasteiger partial charge is 0.243 e. The van der Waals surface area contributed by atoms with Crippen LogP contribution in [0.5, 0.6) is 0 Å². The standard InChI is InChI=1S/C16H15ClN2OS/c1-16(2)15(20)19(13-7-5-12(17)6-8-13)14(21-16)11-4-3-9-18-10-11/h3-10,14H,1-2H3. The van der Waals surface area contributed by atoms with Crippen molar-refractivity contribution in [2.45, 2.75) is 24.0 Å². The molecule has 1 saturated heterocycles. The van der Waals surface area contributed by atoms with E-state index in [1.54, 1.807) is 30.1 Å². The van der Waals surface area contributed by atoms with Gasteiger partial charge in [0, 0.05) is 28.7 Å². The quantitative estimate of drug-likeness (QED) is 0.828. The van der Waals surface area contributed by atoms with E-state index in [0.717, 1.165) is 11.3 Å². The van der Waals surface area contributed by atoms with Gasteiger partial charge in [-0.3, -0.25) is 14.7 Å². The van der Waals surface area contributed by atoms with Gasteiger partial charge < -0.3 is 0 Å². The van der Waals surface area contributed by atoms with Crippen LogP contribution in [0, 0.1) is 0 Å². The lowest BCUT2D eigenvalue weighted by molar-refractivity contribution is -0.119. The van der Waals surface area contributed by atoms with E-state index in [1.165, 1.54) is 0 Å². The number of hydrogen-bond donors (Lipinski definition) is 0. The summed E-state index contributed by atoms with van der Waals surface area (Å²) < 4.78 is -0.458. The van der Waals surface area contributed by atoms with Crippen molar-refractivity contribution in [2.24, 2.45) is 0 Å². The van der Waals surface area contributed by atoms with Crippen molar-refractivity contribution in [2.75, 3.05) is 4.90 Å². The number of nitrogens with zero attached hydrogens (tertiary/aromatic N) is 2. The van der Waals surface area contributed by atoms with Crippen molar-refractivity contribution < 1.29 is 4.79 Å². The van der Waals surface area contributed by atoms with Crippen molar-refractivity contribution in [3.8, 4) is 0 Å². The lowest BCUT2D eigenvalue weighted by Crippen LogP contribution is -2.35. The summed E-state index contributed by atoms with van der Waals surface area (Å²) in [6.07, 6.45) is 3.55. The minimum atomic E-state index is -0.458. The van der Waals surface area contributed by atoms with Gasteiger partial charge in [0.25, 0.3) is 0 Å². The van der Waals surface area contributed by atoms with E-state index in [4.69, 9.17) is 11.6 Å². The van der Waals surface area contributed by atoms with Gasteiger partial charge >= 0.3 is 0 Å². The van der Waals surface area contributed by atoms with Crippen molar-refractivity contribution >= 4 is 35.0 Å². The average molecular weight is 319 g/mol. The molecule has 1 atom stereocenters. The summed E-state index contributed by atoms with van der Waals surface area (Å²) in [5.41, 5.74) is 1.88. The van der Waals surface area contributed by atoms with Crippen molar-refractivity contribution in [3.05, 3.63) is 59.4 Å². The summed E-state index contributed by atoms with van der Waals surface area (Å²) in [5.74, 6) is 0.101. The molecule has 1 aliphatic rings. The molecule has 21 heavy (non-hydrogen) atoms. The number of pyridine rings is 1. The van der Waals surface area contributed by atoms with E-state index in [9.17, 15) is 4.79 Å². The Labute approximate surface area is 133 Å². The molecule has 2 heterocycles. The van der Waals surface area contributed by atoms with Gasteiger partial charge in [-0.2, -0.15) is 0 Å². The zero-order valence-corrected chi connectivity index (χ0v) is 13.4. The van der Waals surface area contributed by atoms with Gasteiger partial charge in [-0.25, -0.2) is 0 Å². The van der Waals surface area contributed by atoms with Crippen LogP contribution >= 0.6 is 23.4 Å². The van der Waals surface area contributed by atoms with Crippen molar-refractivity contribution in [1.29, 1.82) is 0 Å². The highest BCUT2D eigenvalue weighted by molar-refractivity contribution is 8.02. The van der Waals surface area contributed by atoms with Gasteiger partial charge in [-0.15, -0.1) is 11.8 Å². The highest BCUT2D eigenvalue weighted by Gasteiger charge is 2.47. The van der Waals surface area contributed by atoms with Gasteiger partial charge in [0.1, 0.15) is 5.37 Å². The van der Waals surface area contributed by atoms with Crippen LogP contribution in [0.3, 0.4) is 0 Å². The van der Waals surface area contributed by atoms with Crippen LogP contribution in [0.15, 0.2) is 48.8 Å². The molecule has 1 aliphatic heterocycles. The molecule has 0 bridgehead atoms. The zero-order valence-electron chi connectivity index (χ0n) is 11.8. The van der Waals surface area contributed by atoms with E-state index in [-0.39, 0.29) is 11.3 Å². The first-order valence-corrected chi connectivity index (χ1v) is 7.92. The molecule has 108 valence electrons. The fourth-order valence-corrected chi connectivity index (χ4v) is 3.85. The Bertz CT molecular complexity index is 658. The largest absolute Gasteiger partial charge is 0.295 e. The van der Waals surface area contributed by atoms with Crippen LogP contribution in [-0.4, -0.2) is 15.6 Å². The molecule has 0 aliphatic carbocycles. The second-order valence-electron chi connectivity index (χ2n) is 5.42. The number of benzene rings is 1. The van der Waals surface area contributed by atoms with E-state index >= 15 is 0 Å². The third kappa shape index (κ3) is 2.65. The molecule has 0 saturated carbocycles. The third-order valence-electron chi connectivity index (χ3n) is 3.45. The van der Waals surface area contributed by atoms with E-state index < -0.39 is 4.75 Å². The molecule has 1 unspecified atom stereocenters. The second kappa shape index (κ2) is 5.35. The fourth-order valence-electron chi connectivity index (χ4n) is 2.37. The molecule has 1 aromatic carbocycles. The maximum atomic E-state index is 12.7. The lowest BCUT2D eigenvalue weighted by atomic mass is 10.1. The molecule has 2 aromatic rings. The molecular formula is C16H15ClN2OS. The first-order chi connectivity index (χ1) is 9.99. The fraction of sp³-hybridized carbons (Fsp3) is 0.250. The van der Waals surface area contributed by atoms with Crippen LogP contribution in [0.1, 0.15) is 24.8 Å². The molecule has 1 aromatic heterocycles. The topological polar surface area (TPSA) is 33.2 Å². The van der Waals surface area contributed by atoms with Crippen molar-refractivity contribution in [1.82, 2.24) is 4.98 Å². The Morgan fingerprint density at radius 1 is 1.24 bits per heavy atom.